The Morgan fingerprint density at radius 3 is 2.22 bits per heavy atom. The summed E-state index contributed by atoms with van der Waals surface area (Å²) in [6.07, 6.45) is 3.71. The number of hydrogen-bond donors (Lipinski definition) is 7. The van der Waals surface area contributed by atoms with Crippen LogP contribution < -0.4 is 21.7 Å². The first-order valence-electron chi connectivity index (χ1n) is 11.7. The Kier molecular flexibility index (Phi) is 10.4. The maximum Gasteiger partial charge on any atom is 0.326 e. The molecule has 5 atom stereocenters. The maximum absolute atomic E-state index is 13.0. The number of aromatic hydroxyl groups is 1. The highest BCUT2D eigenvalue weighted by Gasteiger charge is 2.30. The molecule has 36 heavy (non-hydrogen) atoms. The van der Waals surface area contributed by atoms with E-state index in [2.05, 4.69) is 25.9 Å². The molecule has 12 nitrogen and oxygen atoms in total. The zero-order valence-electron chi connectivity index (χ0n) is 20.5. The fourth-order valence-electron chi connectivity index (χ4n) is 3.42. The lowest BCUT2D eigenvalue weighted by Crippen LogP contribution is -2.57. The molecule has 0 bridgehead atoms. The van der Waals surface area contributed by atoms with Gasteiger partial charge >= 0.3 is 5.97 Å². The van der Waals surface area contributed by atoms with Gasteiger partial charge in [0, 0.05) is 18.3 Å². The molecule has 5 unspecified atom stereocenters. The minimum atomic E-state index is -1.16. The number of rotatable bonds is 13. The Hall–Kier alpha value is -3.93. The molecule has 1 aromatic carbocycles. The van der Waals surface area contributed by atoms with E-state index in [1.807, 2.05) is 6.92 Å². The normalized spacial score (nSPS) is 15.1. The van der Waals surface area contributed by atoms with Gasteiger partial charge in [0.25, 0.3) is 0 Å². The van der Waals surface area contributed by atoms with Gasteiger partial charge in [-0.3, -0.25) is 14.4 Å². The van der Waals surface area contributed by atoms with Crippen LogP contribution >= 0.6 is 0 Å². The smallest absolute Gasteiger partial charge is 0.326 e. The highest BCUT2D eigenvalue weighted by atomic mass is 16.4. The van der Waals surface area contributed by atoms with Gasteiger partial charge in [0.1, 0.15) is 23.9 Å². The Labute approximate surface area is 209 Å². The van der Waals surface area contributed by atoms with Crippen molar-refractivity contribution >= 4 is 23.7 Å². The molecular formula is C24H34N6O6. The van der Waals surface area contributed by atoms with Crippen LogP contribution in [0.15, 0.2) is 36.8 Å². The van der Waals surface area contributed by atoms with Gasteiger partial charge in [0.05, 0.1) is 12.4 Å². The molecule has 2 rings (SSSR count). The Balaban J connectivity index is 2.06. The molecule has 8 N–H and O–H groups in total. The second-order valence-corrected chi connectivity index (χ2v) is 8.76. The number of nitrogens with zero attached hydrogens (tertiary/aromatic N) is 1. The molecule has 0 radical (unpaired) electrons. The van der Waals surface area contributed by atoms with E-state index in [4.69, 9.17) is 5.73 Å². The summed E-state index contributed by atoms with van der Waals surface area (Å²) in [7, 11) is 0. The van der Waals surface area contributed by atoms with E-state index >= 15 is 0 Å². The average molecular weight is 503 g/mol. The van der Waals surface area contributed by atoms with Crippen molar-refractivity contribution in [1.82, 2.24) is 25.9 Å². The van der Waals surface area contributed by atoms with E-state index in [-0.39, 0.29) is 24.5 Å². The second kappa shape index (κ2) is 13.2. The van der Waals surface area contributed by atoms with Crippen LogP contribution in [0.1, 0.15) is 38.4 Å². The third-order valence-electron chi connectivity index (χ3n) is 5.87. The molecule has 0 fully saturated rings. The second-order valence-electron chi connectivity index (χ2n) is 8.76. The number of H-pyrrole nitrogens is 1. The lowest BCUT2D eigenvalue weighted by atomic mass is 9.99. The molecule has 12 heteroatoms. The number of carboxylic acids is 1. The lowest BCUT2D eigenvalue weighted by molar-refractivity contribution is -0.143. The van der Waals surface area contributed by atoms with Crippen molar-refractivity contribution in [3.8, 4) is 5.75 Å². The van der Waals surface area contributed by atoms with Gasteiger partial charge in [0.2, 0.25) is 17.7 Å². The average Bonchev–Trinajstić information content (AvgIpc) is 3.35. The summed E-state index contributed by atoms with van der Waals surface area (Å²) in [6.45, 7) is 4.95. The van der Waals surface area contributed by atoms with Gasteiger partial charge in [-0.05, 0) is 37.0 Å². The number of benzene rings is 1. The predicted molar refractivity (Wildman–Crippen MR) is 131 cm³/mol. The first-order chi connectivity index (χ1) is 17.0. The van der Waals surface area contributed by atoms with Gasteiger partial charge in [-0.1, -0.05) is 32.4 Å². The summed E-state index contributed by atoms with van der Waals surface area (Å²) < 4.78 is 0. The molecule has 0 saturated heterocycles. The summed E-state index contributed by atoms with van der Waals surface area (Å²) >= 11 is 0. The molecular weight excluding hydrogens is 468 g/mol. The fraction of sp³-hybridized carbons (Fsp3) is 0.458. The first-order valence-corrected chi connectivity index (χ1v) is 11.7. The molecule has 3 amide bonds. The minimum absolute atomic E-state index is 0.0580. The molecule has 0 spiro atoms. The van der Waals surface area contributed by atoms with E-state index in [0.29, 0.717) is 12.1 Å². The van der Waals surface area contributed by atoms with E-state index in [0.717, 1.165) is 5.56 Å². The number of aromatic amines is 1. The fourth-order valence-corrected chi connectivity index (χ4v) is 3.42. The van der Waals surface area contributed by atoms with E-state index in [9.17, 15) is 29.4 Å². The number of carboxylic acid groups (broad SMARTS) is 1. The standard InChI is InChI=1S/C24H34N6O6/c1-4-13(2)20(24(35)36)30-21(32)14(3)28-23(34)19(10-16-11-26-12-27-16)29-22(33)18(25)9-15-5-7-17(31)8-6-15/h5-8,11-14,18-20,31H,4,9-10,25H2,1-3H3,(H,26,27)(H,28,34)(H,29,33)(H,30,32)(H,35,36). The third-order valence-corrected chi connectivity index (χ3v) is 5.87. The summed E-state index contributed by atoms with van der Waals surface area (Å²) in [4.78, 5) is 56.7. The van der Waals surface area contributed by atoms with Gasteiger partial charge in [-0.15, -0.1) is 0 Å². The maximum atomic E-state index is 13.0. The molecule has 0 aliphatic rings. The topological polar surface area (TPSA) is 200 Å². The molecule has 196 valence electrons. The van der Waals surface area contributed by atoms with Crippen molar-refractivity contribution in [2.45, 2.75) is 64.2 Å². The molecule has 0 aliphatic carbocycles. The zero-order valence-corrected chi connectivity index (χ0v) is 20.5. The van der Waals surface area contributed by atoms with Crippen molar-refractivity contribution in [2.75, 3.05) is 0 Å². The van der Waals surface area contributed by atoms with E-state index in [1.165, 1.54) is 31.6 Å². The molecule has 0 aliphatic heterocycles. The van der Waals surface area contributed by atoms with Crippen molar-refractivity contribution in [2.24, 2.45) is 11.7 Å². The van der Waals surface area contributed by atoms with Crippen molar-refractivity contribution in [3.63, 3.8) is 0 Å². The number of amides is 3. The first kappa shape index (κ1) is 28.3. The van der Waals surface area contributed by atoms with Crippen LogP contribution in [0, 0.1) is 5.92 Å². The Morgan fingerprint density at radius 1 is 1.00 bits per heavy atom. The van der Waals surface area contributed by atoms with Crippen molar-refractivity contribution in [3.05, 3.63) is 48.0 Å². The van der Waals surface area contributed by atoms with Gasteiger partial charge < -0.3 is 36.9 Å². The highest BCUT2D eigenvalue weighted by Crippen LogP contribution is 2.11. The SMILES string of the molecule is CCC(C)C(NC(=O)C(C)NC(=O)C(Cc1cnc[nH]1)NC(=O)C(N)Cc1ccc(O)cc1)C(=O)O. The monoisotopic (exact) mass is 502 g/mol. The Bertz CT molecular complexity index is 1030. The third kappa shape index (κ3) is 8.38. The quantitative estimate of drug-likeness (QED) is 0.196. The van der Waals surface area contributed by atoms with Crippen LogP contribution in [0.4, 0.5) is 0 Å². The highest BCUT2D eigenvalue weighted by molar-refractivity contribution is 5.94. The van der Waals surface area contributed by atoms with Gasteiger partial charge in [-0.25, -0.2) is 9.78 Å². The molecule has 1 heterocycles. The minimum Gasteiger partial charge on any atom is -0.508 e. The van der Waals surface area contributed by atoms with Gasteiger partial charge in [0.15, 0.2) is 0 Å². The van der Waals surface area contributed by atoms with Gasteiger partial charge in [-0.2, -0.15) is 0 Å². The van der Waals surface area contributed by atoms with Crippen LogP contribution in [-0.4, -0.2) is 68.0 Å². The summed E-state index contributed by atoms with van der Waals surface area (Å²) in [6, 6.07) is 2.04. The molecule has 2 aromatic rings. The number of carbonyl (C=O) groups is 4. The number of hydrogen-bond acceptors (Lipinski definition) is 7. The van der Waals surface area contributed by atoms with Crippen LogP contribution in [-0.2, 0) is 32.0 Å². The zero-order chi connectivity index (χ0) is 26.8. The van der Waals surface area contributed by atoms with Crippen LogP contribution in [0.25, 0.3) is 0 Å². The van der Waals surface area contributed by atoms with E-state index in [1.54, 1.807) is 19.1 Å². The number of phenols is 1. The number of aliphatic carboxylic acids is 1. The lowest BCUT2D eigenvalue weighted by Gasteiger charge is -2.25. The molecule has 1 aromatic heterocycles. The largest absolute Gasteiger partial charge is 0.508 e. The van der Waals surface area contributed by atoms with Crippen LogP contribution in [0.2, 0.25) is 0 Å². The van der Waals surface area contributed by atoms with Crippen molar-refractivity contribution < 1.29 is 29.4 Å². The number of imidazole rings is 1. The Morgan fingerprint density at radius 2 is 1.67 bits per heavy atom. The predicted octanol–water partition coefficient (Wildman–Crippen LogP) is -0.167. The van der Waals surface area contributed by atoms with E-state index < -0.39 is 47.9 Å². The number of nitrogens with two attached hydrogens (primary N) is 1. The number of phenolic OH excluding ortho intramolecular Hbond substituents is 1. The molecule has 0 saturated carbocycles. The van der Waals surface area contributed by atoms with Crippen LogP contribution in [0.3, 0.4) is 0 Å². The summed E-state index contributed by atoms with van der Waals surface area (Å²) in [5.74, 6) is -3.27. The summed E-state index contributed by atoms with van der Waals surface area (Å²) in [5.41, 5.74) is 7.34. The number of carbonyl (C=O) groups excluding carboxylic acids is 3. The number of aromatic nitrogens is 2. The van der Waals surface area contributed by atoms with Crippen molar-refractivity contribution in [1.29, 1.82) is 0 Å². The van der Waals surface area contributed by atoms with Crippen LogP contribution in [0.5, 0.6) is 5.75 Å². The summed E-state index contributed by atoms with van der Waals surface area (Å²) in [5, 5.41) is 26.4. The number of nitrogens with one attached hydrogen (secondary N) is 4.